The van der Waals surface area contributed by atoms with Gasteiger partial charge in [0.2, 0.25) is 5.91 Å². The molecule has 2 rings (SSSR count). The summed E-state index contributed by atoms with van der Waals surface area (Å²) in [5, 5.41) is 2.62. The minimum atomic E-state index is -0.160. The largest absolute Gasteiger partial charge is 0.355 e. The Kier molecular flexibility index (Phi) is 6.96. The summed E-state index contributed by atoms with van der Waals surface area (Å²) < 4.78 is 0. The first-order valence-corrected chi connectivity index (χ1v) is 8.98. The van der Waals surface area contributed by atoms with E-state index in [1.165, 1.54) is 0 Å². The molecule has 6 nitrogen and oxygen atoms in total. The van der Waals surface area contributed by atoms with Crippen LogP contribution in [0.4, 0.5) is 0 Å². The minimum Gasteiger partial charge on any atom is -0.355 e. The first-order chi connectivity index (χ1) is 12.0. The average Bonchev–Trinajstić information content (AvgIpc) is 2.66. The van der Waals surface area contributed by atoms with Gasteiger partial charge in [-0.1, -0.05) is 19.1 Å². The Morgan fingerprint density at radius 2 is 1.76 bits per heavy atom. The van der Waals surface area contributed by atoms with Gasteiger partial charge in [0.1, 0.15) is 0 Å². The number of carbonyl (C=O) groups is 2. The number of piperazine rings is 1. The molecule has 0 aromatic heterocycles. The van der Waals surface area contributed by atoms with E-state index in [0.717, 1.165) is 38.3 Å². The fourth-order valence-electron chi connectivity index (χ4n) is 3.07. The van der Waals surface area contributed by atoms with Crippen molar-refractivity contribution in [3.05, 3.63) is 35.4 Å². The zero-order valence-electron chi connectivity index (χ0n) is 15.8. The van der Waals surface area contributed by atoms with Gasteiger partial charge in [0.15, 0.2) is 0 Å². The summed E-state index contributed by atoms with van der Waals surface area (Å²) in [4.78, 5) is 30.7. The van der Waals surface area contributed by atoms with Crippen molar-refractivity contribution in [3.8, 4) is 0 Å². The normalized spacial score (nSPS) is 16.8. The molecule has 6 heteroatoms. The van der Waals surface area contributed by atoms with Crippen molar-refractivity contribution in [2.45, 2.75) is 26.4 Å². The van der Waals surface area contributed by atoms with Gasteiger partial charge in [-0.15, -0.1) is 0 Å². The molecular formula is C19H30N4O2. The molecule has 0 saturated carbocycles. The van der Waals surface area contributed by atoms with Crippen molar-refractivity contribution in [1.29, 1.82) is 0 Å². The predicted octanol–water partition coefficient (Wildman–Crippen LogP) is 1.03. The number of nitrogens with one attached hydrogen (secondary N) is 1. The van der Waals surface area contributed by atoms with Gasteiger partial charge in [-0.2, -0.15) is 0 Å². The molecular weight excluding hydrogens is 316 g/mol. The molecule has 0 bridgehead atoms. The highest BCUT2D eigenvalue weighted by Gasteiger charge is 2.26. The van der Waals surface area contributed by atoms with E-state index in [1.807, 2.05) is 43.1 Å². The van der Waals surface area contributed by atoms with E-state index in [-0.39, 0.29) is 17.9 Å². The van der Waals surface area contributed by atoms with Crippen LogP contribution in [0.15, 0.2) is 24.3 Å². The van der Waals surface area contributed by atoms with Crippen molar-refractivity contribution in [2.24, 2.45) is 0 Å². The van der Waals surface area contributed by atoms with Gasteiger partial charge in [0, 0.05) is 45.3 Å². The van der Waals surface area contributed by atoms with Crippen LogP contribution >= 0.6 is 0 Å². The Hall–Kier alpha value is -1.92. The Morgan fingerprint density at radius 3 is 2.28 bits per heavy atom. The first-order valence-electron chi connectivity index (χ1n) is 8.98. The minimum absolute atomic E-state index is 0.0883. The summed E-state index contributed by atoms with van der Waals surface area (Å²) in [7, 11) is 3.59. The predicted molar refractivity (Wildman–Crippen MR) is 99.5 cm³/mol. The molecule has 1 atom stereocenters. The molecule has 1 aliphatic rings. The lowest BCUT2D eigenvalue weighted by atomic mass is 10.1. The number of nitrogens with zero attached hydrogens (tertiary/aromatic N) is 3. The molecule has 1 aromatic carbocycles. The summed E-state index contributed by atoms with van der Waals surface area (Å²) in [6.07, 6.45) is 0. The second-order valence-corrected chi connectivity index (χ2v) is 6.63. The smallest absolute Gasteiger partial charge is 0.251 e. The molecule has 0 spiro atoms. The van der Waals surface area contributed by atoms with Crippen LogP contribution in [0, 0.1) is 0 Å². The molecule has 1 aliphatic heterocycles. The molecule has 1 fully saturated rings. The van der Waals surface area contributed by atoms with Gasteiger partial charge in [0.05, 0.1) is 6.04 Å². The lowest BCUT2D eigenvalue weighted by Crippen LogP contribution is -2.53. The van der Waals surface area contributed by atoms with Crippen LogP contribution < -0.4 is 5.32 Å². The average molecular weight is 346 g/mol. The Morgan fingerprint density at radius 1 is 1.16 bits per heavy atom. The molecule has 2 amide bonds. The third-order valence-electron chi connectivity index (χ3n) is 5.02. The maximum absolute atomic E-state index is 12.7. The summed E-state index contributed by atoms with van der Waals surface area (Å²) in [6.45, 7) is 9.38. The number of carbonyl (C=O) groups excluding carboxylic acids is 2. The molecule has 138 valence electrons. The SMILES string of the molecule is CCN1CCN(C(=O)[C@@H](C)N(C)Cc2ccc(C(=O)NC)cc2)CC1. The van der Waals surface area contributed by atoms with Crippen molar-refractivity contribution in [1.82, 2.24) is 20.0 Å². The Labute approximate surface area is 150 Å². The fraction of sp³-hybridized carbons (Fsp3) is 0.579. The van der Waals surface area contributed by atoms with E-state index in [2.05, 4.69) is 22.0 Å². The van der Waals surface area contributed by atoms with Gasteiger partial charge < -0.3 is 15.1 Å². The van der Waals surface area contributed by atoms with Gasteiger partial charge in [-0.05, 0) is 38.2 Å². The molecule has 1 saturated heterocycles. The monoisotopic (exact) mass is 346 g/mol. The summed E-state index contributed by atoms with van der Waals surface area (Å²) in [6, 6.07) is 7.36. The Balaban J connectivity index is 1.90. The van der Waals surface area contributed by atoms with E-state index in [4.69, 9.17) is 0 Å². The fourth-order valence-corrected chi connectivity index (χ4v) is 3.07. The highest BCUT2D eigenvalue weighted by atomic mass is 16.2. The van der Waals surface area contributed by atoms with E-state index in [0.29, 0.717) is 12.1 Å². The number of hydrogen-bond donors (Lipinski definition) is 1. The third-order valence-corrected chi connectivity index (χ3v) is 5.02. The topological polar surface area (TPSA) is 55.9 Å². The number of benzene rings is 1. The maximum atomic E-state index is 12.7. The van der Waals surface area contributed by atoms with E-state index in [1.54, 1.807) is 7.05 Å². The molecule has 0 radical (unpaired) electrons. The lowest BCUT2D eigenvalue weighted by molar-refractivity contribution is -0.137. The number of hydrogen-bond acceptors (Lipinski definition) is 4. The van der Waals surface area contributed by atoms with Crippen molar-refractivity contribution in [3.63, 3.8) is 0 Å². The molecule has 0 aliphatic carbocycles. The van der Waals surface area contributed by atoms with Crippen LogP contribution in [0.2, 0.25) is 0 Å². The van der Waals surface area contributed by atoms with Crippen LogP contribution in [0.1, 0.15) is 29.8 Å². The van der Waals surface area contributed by atoms with E-state index < -0.39 is 0 Å². The number of amides is 2. The molecule has 1 aromatic rings. The summed E-state index contributed by atoms with van der Waals surface area (Å²) >= 11 is 0. The zero-order valence-corrected chi connectivity index (χ0v) is 15.8. The highest BCUT2D eigenvalue weighted by molar-refractivity contribution is 5.93. The van der Waals surface area contributed by atoms with Crippen LogP contribution in [0.5, 0.6) is 0 Å². The molecule has 1 N–H and O–H groups in total. The third kappa shape index (κ3) is 5.03. The number of rotatable bonds is 6. The van der Waals surface area contributed by atoms with E-state index >= 15 is 0 Å². The standard InChI is InChI=1S/C19H30N4O2/c1-5-22-10-12-23(13-11-22)19(25)15(2)21(4)14-16-6-8-17(9-7-16)18(24)20-3/h6-9,15H,5,10-14H2,1-4H3,(H,20,24)/t15-/m1/s1. The van der Waals surface area contributed by atoms with Crippen LogP contribution in [-0.2, 0) is 11.3 Å². The highest BCUT2D eigenvalue weighted by Crippen LogP contribution is 2.12. The van der Waals surface area contributed by atoms with Crippen LogP contribution in [0.3, 0.4) is 0 Å². The molecule has 25 heavy (non-hydrogen) atoms. The van der Waals surface area contributed by atoms with Gasteiger partial charge in [0.25, 0.3) is 5.91 Å². The first kappa shape index (κ1) is 19.4. The van der Waals surface area contributed by atoms with Crippen LogP contribution in [-0.4, -0.2) is 79.4 Å². The van der Waals surface area contributed by atoms with Gasteiger partial charge in [-0.25, -0.2) is 0 Å². The van der Waals surface area contributed by atoms with E-state index in [9.17, 15) is 9.59 Å². The molecule has 1 heterocycles. The second-order valence-electron chi connectivity index (χ2n) is 6.63. The Bertz CT molecular complexity index is 580. The van der Waals surface area contributed by atoms with Gasteiger partial charge >= 0.3 is 0 Å². The maximum Gasteiger partial charge on any atom is 0.251 e. The summed E-state index contributed by atoms with van der Waals surface area (Å²) in [5.41, 5.74) is 1.73. The van der Waals surface area contributed by atoms with Crippen LogP contribution in [0.25, 0.3) is 0 Å². The van der Waals surface area contributed by atoms with Gasteiger partial charge in [-0.3, -0.25) is 14.5 Å². The lowest BCUT2D eigenvalue weighted by Gasteiger charge is -2.37. The van der Waals surface area contributed by atoms with Crippen molar-refractivity contribution < 1.29 is 9.59 Å². The van der Waals surface area contributed by atoms with Crippen molar-refractivity contribution >= 4 is 11.8 Å². The quantitative estimate of drug-likeness (QED) is 0.836. The molecule has 0 unspecified atom stereocenters. The number of likely N-dealkylation sites (N-methyl/N-ethyl adjacent to an activating group) is 2. The van der Waals surface area contributed by atoms with Crippen molar-refractivity contribution in [2.75, 3.05) is 46.8 Å². The zero-order chi connectivity index (χ0) is 18.4. The second kappa shape index (κ2) is 8.97. The summed E-state index contributed by atoms with van der Waals surface area (Å²) in [5.74, 6) is 0.106.